The van der Waals surface area contributed by atoms with Gasteiger partial charge in [-0.2, -0.15) is 5.10 Å². The van der Waals surface area contributed by atoms with Gasteiger partial charge in [0.2, 0.25) is 5.91 Å². The summed E-state index contributed by atoms with van der Waals surface area (Å²) in [5.41, 5.74) is 3.78. The second-order valence-corrected chi connectivity index (χ2v) is 6.91. The maximum absolute atomic E-state index is 12.4. The van der Waals surface area contributed by atoms with Gasteiger partial charge in [0.1, 0.15) is 0 Å². The molecular formula is C19H26N2O3. The Morgan fingerprint density at radius 2 is 2.25 bits per heavy atom. The SMILES string of the molecule is CCOc1cc(/C=N/NC(=O)C2C3CCCCC32C)ccc1OC. The molecule has 2 aliphatic rings. The average Bonchev–Trinajstić information content (AvgIpc) is 3.21. The number of carbonyl (C=O) groups excluding carboxylic acids is 1. The Morgan fingerprint density at radius 3 is 2.92 bits per heavy atom. The molecular weight excluding hydrogens is 304 g/mol. The number of hydrazone groups is 1. The summed E-state index contributed by atoms with van der Waals surface area (Å²) in [5, 5.41) is 4.13. The Hall–Kier alpha value is -2.04. The van der Waals surface area contributed by atoms with Crippen molar-refractivity contribution in [3.8, 4) is 11.5 Å². The minimum atomic E-state index is 0.0548. The fourth-order valence-electron chi connectivity index (χ4n) is 4.13. The Kier molecular flexibility index (Phi) is 4.78. The predicted octanol–water partition coefficient (Wildman–Crippen LogP) is 3.37. The third kappa shape index (κ3) is 3.12. The quantitative estimate of drug-likeness (QED) is 0.642. The molecule has 5 heteroatoms. The van der Waals surface area contributed by atoms with Crippen molar-refractivity contribution >= 4 is 12.1 Å². The highest BCUT2D eigenvalue weighted by molar-refractivity contribution is 5.86. The molecule has 1 amide bonds. The van der Waals surface area contributed by atoms with Crippen molar-refractivity contribution in [2.75, 3.05) is 13.7 Å². The number of hydrogen-bond donors (Lipinski definition) is 1. The number of nitrogens with zero attached hydrogens (tertiary/aromatic N) is 1. The minimum absolute atomic E-state index is 0.0548. The summed E-state index contributed by atoms with van der Waals surface area (Å²) in [6, 6.07) is 5.58. The highest BCUT2D eigenvalue weighted by Crippen LogP contribution is 2.66. The molecule has 0 bridgehead atoms. The van der Waals surface area contributed by atoms with Crippen LogP contribution in [0.25, 0.3) is 0 Å². The Bertz CT molecular complexity index is 643. The molecule has 1 aromatic rings. The number of fused-ring (bicyclic) bond motifs is 1. The molecule has 24 heavy (non-hydrogen) atoms. The standard InChI is InChI=1S/C19H26N2O3/c1-4-24-16-11-13(8-9-15(16)23-3)12-20-21-18(22)17-14-7-5-6-10-19(14,17)2/h8-9,11-12,14,17H,4-7,10H2,1-3H3,(H,21,22)/b20-12+. The minimum Gasteiger partial charge on any atom is -0.493 e. The topological polar surface area (TPSA) is 59.9 Å². The van der Waals surface area contributed by atoms with E-state index in [9.17, 15) is 4.79 Å². The highest BCUT2D eigenvalue weighted by atomic mass is 16.5. The van der Waals surface area contributed by atoms with Crippen LogP contribution in [0.3, 0.4) is 0 Å². The van der Waals surface area contributed by atoms with Crippen molar-refractivity contribution in [3.63, 3.8) is 0 Å². The van der Waals surface area contributed by atoms with Gasteiger partial charge in [-0.15, -0.1) is 0 Å². The summed E-state index contributed by atoms with van der Waals surface area (Å²) < 4.78 is 10.8. The highest BCUT2D eigenvalue weighted by Gasteiger charge is 2.64. The molecule has 2 aliphatic carbocycles. The maximum Gasteiger partial charge on any atom is 0.244 e. The van der Waals surface area contributed by atoms with Crippen LogP contribution < -0.4 is 14.9 Å². The Morgan fingerprint density at radius 1 is 1.42 bits per heavy atom. The Balaban J connectivity index is 1.60. The third-order valence-corrected chi connectivity index (χ3v) is 5.49. The molecule has 1 aromatic carbocycles. The summed E-state index contributed by atoms with van der Waals surface area (Å²) in [7, 11) is 1.61. The normalized spacial score (nSPS) is 28.3. The number of methoxy groups -OCH3 is 1. The molecule has 3 rings (SSSR count). The van der Waals surface area contributed by atoms with Gasteiger partial charge in [0, 0.05) is 5.92 Å². The van der Waals surface area contributed by atoms with Crippen molar-refractivity contribution < 1.29 is 14.3 Å². The molecule has 2 saturated carbocycles. The molecule has 2 fully saturated rings. The van der Waals surface area contributed by atoms with Gasteiger partial charge in [0.15, 0.2) is 11.5 Å². The molecule has 0 spiro atoms. The van der Waals surface area contributed by atoms with Gasteiger partial charge in [-0.25, -0.2) is 5.43 Å². The predicted molar refractivity (Wildman–Crippen MR) is 93.5 cm³/mol. The van der Waals surface area contributed by atoms with E-state index in [1.807, 2.05) is 25.1 Å². The second-order valence-electron chi connectivity index (χ2n) is 6.91. The van der Waals surface area contributed by atoms with Crippen molar-refractivity contribution in [2.24, 2.45) is 22.4 Å². The van der Waals surface area contributed by atoms with E-state index in [4.69, 9.17) is 9.47 Å². The van der Waals surface area contributed by atoms with Gasteiger partial charge in [-0.3, -0.25) is 4.79 Å². The van der Waals surface area contributed by atoms with Crippen LogP contribution in [-0.2, 0) is 4.79 Å². The van der Waals surface area contributed by atoms with E-state index < -0.39 is 0 Å². The van der Waals surface area contributed by atoms with E-state index in [-0.39, 0.29) is 17.2 Å². The number of carbonyl (C=O) groups is 1. The van der Waals surface area contributed by atoms with Gasteiger partial charge >= 0.3 is 0 Å². The third-order valence-electron chi connectivity index (χ3n) is 5.49. The molecule has 0 aliphatic heterocycles. The first kappa shape index (κ1) is 16.8. The number of rotatable bonds is 6. The van der Waals surface area contributed by atoms with Gasteiger partial charge in [-0.1, -0.05) is 19.8 Å². The molecule has 0 heterocycles. The fraction of sp³-hybridized carbons (Fsp3) is 0.579. The van der Waals surface area contributed by atoms with Crippen molar-refractivity contribution in [1.82, 2.24) is 5.43 Å². The van der Waals surface area contributed by atoms with Gasteiger partial charge in [0.25, 0.3) is 0 Å². The first-order chi connectivity index (χ1) is 11.6. The molecule has 0 aromatic heterocycles. The molecule has 130 valence electrons. The van der Waals surface area contributed by atoms with Gasteiger partial charge < -0.3 is 9.47 Å². The summed E-state index contributed by atoms with van der Waals surface area (Å²) in [6.45, 7) is 4.73. The van der Waals surface area contributed by atoms with Crippen molar-refractivity contribution in [1.29, 1.82) is 0 Å². The fourth-order valence-corrected chi connectivity index (χ4v) is 4.13. The lowest BCUT2D eigenvalue weighted by atomic mass is 9.90. The van der Waals surface area contributed by atoms with E-state index in [0.717, 1.165) is 12.0 Å². The zero-order valence-electron chi connectivity index (χ0n) is 14.7. The van der Waals surface area contributed by atoms with E-state index >= 15 is 0 Å². The van der Waals surface area contributed by atoms with Crippen LogP contribution in [-0.4, -0.2) is 25.8 Å². The zero-order valence-corrected chi connectivity index (χ0v) is 14.7. The van der Waals surface area contributed by atoms with Crippen molar-refractivity contribution in [3.05, 3.63) is 23.8 Å². The van der Waals surface area contributed by atoms with Gasteiger partial charge in [-0.05, 0) is 54.9 Å². The maximum atomic E-state index is 12.4. The summed E-state index contributed by atoms with van der Waals surface area (Å²) in [5.74, 6) is 2.10. The smallest absolute Gasteiger partial charge is 0.244 e. The van der Waals surface area contributed by atoms with E-state index in [1.165, 1.54) is 19.3 Å². The summed E-state index contributed by atoms with van der Waals surface area (Å²) in [6.07, 6.45) is 6.48. The van der Waals surface area contributed by atoms with Crippen LogP contribution in [0.5, 0.6) is 11.5 Å². The monoisotopic (exact) mass is 330 g/mol. The van der Waals surface area contributed by atoms with E-state index in [1.54, 1.807) is 13.3 Å². The van der Waals surface area contributed by atoms with Crippen molar-refractivity contribution in [2.45, 2.75) is 39.5 Å². The number of nitrogens with one attached hydrogen (secondary N) is 1. The van der Waals surface area contributed by atoms with E-state index in [2.05, 4.69) is 17.5 Å². The largest absolute Gasteiger partial charge is 0.493 e. The van der Waals surface area contributed by atoms with Crippen LogP contribution in [0.4, 0.5) is 0 Å². The molecule has 5 nitrogen and oxygen atoms in total. The molecule has 0 radical (unpaired) electrons. The summed E-state index contributed by atoms with van der Waals surface area (Å²) >= 11 is 0. The van der Waals surface area contributed by atoms with Crippen LogP contribution in [0.2, 0.25) is 0 Å². The lowest BCUT2D eigenvalue weighted by Gasteiger charge is -2.15. The lowest BCUT2D eigenvalue weighted by molar-refractivity contribution is -0.123. The Labute approximate surface area is 143 Å². The lowest BCUT2D eigenvalue weighted by Crippen LogP contribution is -2.22. The van der Waals surface area contributed by atoms with Crippen LogP contribution in [0, 0.1) is 17.3 Å². The van der Waals surface area contributed by atoms with Gasteiger partial charge in [0.05, 0.1) is 19.9 Å². The zero-order chi connectivity index (χ0) is 17.2. The number of benzene rings is 1. The first-order valence-corrected chi connectivity index (χ1v) is 8.74. The van der Waals surface area contributed by atoms with Crippen LogP contribution >= 0.6 is 0 Å². The molecule has 3 unspecified atom stereocenters. The van der Waals surface area contributed by atoms with Crippen LogP contribution in [0.15, 0.2) is 23.3 Å². The average molecular weight is 330 g/mol. The second kappa shape index (κ2) is 6.83. The molecule has 3 atom stereocenters. The number of hydrogen-bond acceptors (Lipinski definition) is 4. The van der Waals surface area contributed by atoms with Crippen LogP contribution in [0.1, 0.15) is 45.1 Å². The molecule has 0 saturated heterocycles. The molecule has 1 N–H and O–H groups in total. The number of amides is 1. The number of ether oxygens (including phenoxy) is 2. The summed E-state index contributed by atoms with van der Waals surface area (Å²) in [4.78, 5) is 12.4. The first-order valence-electron chi connectivity index (χ1n) is 8.74. The van der Waals surface area contributed by atoms with E-state index in [0.29, 0.717) is 24.0 Å².